The molecule has 0 bridgehead atoms. The van der Waals surface area contributed by atoms with Gasteiger partial charge in [0.1, 0.15) is 5.65 Å². The summed E-state index contributed by atoms with van der Waals surface area (Å²) in [7, 11) is 0. The summed E-state index contributed by atoms with van der Waals surface area (Å²) in [6.45, 7) is 5.38. The lowest BCUT2D eigenvalue weighted by Gasteiger charge is -2.23. The highest BCUT2D eigenvalue weighted by molar-refractivity contribution is 5.57. The van der Waals surface area contributed by atoms with Crippen LogP contribution in [-0.2, 0) is 6.42 Å². The summed E-state index contributed by atoms with van der Waals surface area (Å²) in [5, 5.41) is 0. The smallest absolute Gasteiger partial charge is 0.151 e. The zero-order valence-corrected chi connectivity index (χ0v) is 12.4. The van der Waals surface area contributed by atoms with E-state index in [9.17, 15) is 0 Å². The molecule has 1 saturated carbocycles. The van der Waals surface area contributed by atoms with E-state index in [1.807, 2.05) is 6.07 Å². The Morgan fingerprint density at radius 1 is 1.45 bits per heavy atom. The molecule has 0 aliphatic heterocycles. The molecule has 108 valence electrons. The Morgan fingerprint density at radius 2 is 2.25 bits per heavy atom. The van der Waals surface area contributed by atoms with Crippen molar-refractivity contribution in [2.45, 2.75) is 51.6 Å². The first-order chi connectivity index (χ1) is 9.70. The van der Waals surface area contributed by atoms with E-state index in [0.29, 0.717) is 6.04 Å². The van der Waals surface area contributed by atoms with Gasteiger partial charge >= 0.3 is 0 Å². The Kier molecular flexibility index (Phi) is 3.66. The summed E-state index contributed by atoms with van der Waals surface area (Å²) in [5.74, 6) is 1.15. The third kappa shape index (κ3) is 2.52. The fourth-order valence-electron chi connectivity index (χ4n) is 2.85. The van der Waals surface area contributed by atoms with Gasteiger partial charge in [0.05, 0.1) is 5.69 Å². The Hall–Kier alpha value is -1.55. The Balaban J connectivity index is 2.07. The van der Waals surface area contributed by atoms with Crippen LogP contribution < -0.4 is 10.6 Å². The highest BCUT2D eigenvalue weighted by Crippen LogP contribution is 2.34. The van der Waals surface area contributed by atoms with Gasteiger partial charge in [0.15, 0.2) is 5.82 Å². The number of nitrogens with two attached hydrogens (primary N) is 1. The molecule has 3 rings (SSSR count). The highest BCUT2D eigenvalue weighted by Gasteiger charge is 2.32. The molecule has 1 aliphatic carbocycles. The van der Waals surface area contributed by atoms with Crippen LogP contribution in [0.2, 0.25) is 0 Å². The summed E-state index contributed by atoms with van der Waals surface area (Å²) < 4.78 is 2.20. The van der Waals surface area contributed by atoms with Gasteiger partial charge in [0, 0.05) is 31.2 Å². The van der Waals surface area contributed by atoms with Crippen molar-refractivity contribution in [1.29, 1.82) is 0 Å². The summed E-state index contributed by atoms with van der Waals surface area (Å²) in [6, 6.07) is 7.02. The molecule has 2 N–H and O–H groups in total. The Morgan fingerprint density at radius 3 is 2.90 bits per heavy atom. The highest BCUT2D eigenvalue weighted by atomic mass is 15.3. The maximum atomic E-state index is 6.05. The van der Waals surface area contributed by atoms with Crippen LogP contribution in [0.1, 0.15) is 38.8 Å². The molecule has 4 heteroatoms. The molecule has 0 amide bonds. The van der Waals surface area contributed by atoms with Crippen LogP contribution in [0.15, 0.2) is 24.4 Å². The quantitative estimate of drug-likeness (QED) is 0.879. The predicted octanol–water partition coefficient (Wildman–Crippen LogP) is 2.60. The zero-order valence-electron chi connectivity index (χ0n) is 12.4. The minimum Gasteiger partial charge on any atom is -0.352 e. The third-order valence-electron chi connectivity index (χ3n) is 3.85. The fourth-order valence-corrected chi connectivity index (χ4v) is 2.85. The molecule has 1 fully saturated rings. The maximum Gasteiger partial charge on any atom is 0.151 e. The van der Waals surface area contributed by atoms with E-state index >= 15 is 0 Å². The molecule has 2 heterocycles. The van der Waals surface area contributed by atoms with Gasteiger partial charge in [-0.25, -0.2) is 4.98 Å². The number of nitrogens with zero attached hydrogens (tertiary/aromatic N) is 3. The van der Waals surface area contributed by atoms with Crippen molar-refractivity contribution in [2.75, 3.05) is 11.4 Å². The van der Waals surface area contributed by atoms with Crippen LogP contribution >= 0.6 is 0 Å². The lowest BCUT2D eigenvalue weighted by Crippen LogP contribution is -2.29. The van der Waals surface area contributed by atoms with Crippen molar-refractivity contribution in [1.82, 2.24) is 9.38 Å². The van der Waals surface area contributed by atoms with Crippen LogP contribution in [0, 0.1) is 0 Å². The van der Waals surface area contributed by atoms with Crippen LogP contribution in [0.3, 0.4) is 0 Å². The monoisotopic (exact) mass is 272 g/mol. The van der Waals surface area contributed by atoms with Gasteiger partial charge in [-0.1, -0.05) is 13.0 Å². The predicted molar refractivity (Wildman–Crippen MR) is 83.2 cm³/mol. The largest absolute Gasteiger partial charge is 0.352 e. The zero-order chi connectivity index (χ0) is 14.1. The third-order valence-corrected chi connectivity index (χ3v) is 3.85. The number of hydrogen-bond acceptors (Lipinski definition) is 3. The number of imidazole rings is 1. The summed E-state index contributed by atoms with van der Waals surface area (Å²) in [5.41, 5.74) is 8.34. The van der Waals surface area contributed by atoms with Gasteiger partial charge in [0.2, 0.25) is 0 Å². The summed E-state index contributed by atoms with van der Waals surface area (Å²) in [6.07, 6.45) is 6.72. The summed E-state index contributed by atoms with van der Waals surface area (Å²) >= 11 is 0. The average molecular weight is 272 g/mol. The van der Waals surface area contributed by atoms with Crippen molar-refractivity contribution in [3.8, 4) is 0 Å². The molecule has 0 saturated heterocycles. The second-order valence-corrected chi connectivity index (χ2v) is 5.92. The van der Waals surface area contributed by atoms with Gasteiger partial charge in [-0.2, -0.15) is 0 Å². The molecule has 2 aromatic heterocycles. The number of fused-ring (bicyclic) bond motifs is 1. The van der Waals surface area contributed by atoms with Gasteiger partial charge in [-0.15, -0.1) is 0 Å². The summed E-state index contributed by atoms with van der Waals surface area (Å²) in [4.78, 5) is 7.37. The first-order valence-corrected chi connectivity index (χ1v) is 7.69. The number of hydrogen-bond donors (Lipinski definition) is 1. The van der Waals surface area contributed by atoms with Gasteiger partial charge in [-0.05, 0) is 38.3 Å². The number of anilines is 1. The molecular formula is C16H24N4. The normalized spacial score (nSPS) is 16.6. The fraction of sp³-hybridized carbons (Fsp3) is 0.562. The van der Waals surface area contributed by atoms with Crippen LogP contribution in [-0.4, -0.2) is 28.0 Å². The Bertz CT molecular complexity index is 583. The van der Waals surface area contributed by atoms with Gasteiger partial charge in [-0.3, -0.25) is 0 Å². The van der Waals surface area contributed by atoms with Gasteiger partial charge < -0.3 is 15.0 Å². The molecular weight excluding hydrogens is 248 g/mol. The molecule has 4 nitrogen and oxygen atoms in total. The van der Waals surface area contributed by atoms with E-state index in [-0.39, 0.29) is 6.04 Å². The Labute approximate surface area is 120 Å². The van der Waals surface area contributed by atoms with Crippen molar-refractivity contribution in [2.24, 2.45) is 5.73 Å². The van der Waals surface area contributed by atoms with E-state index in [4.69, 9.17) is 10.7 Å². The number of aromatic nitrogens is 2. The second kappa shape index (κ2) is 5.44. The van der Waals surface area contributed by atoms with Crippen molar-refractivity contribution in [3.63, 3.8) is 0 Å². The lowest BCUT2D eigenvalue weighted by atomic mass is 10.2. The van der Waals surface area contributed by atoms with Crippen molar-refractivity contribution in [3.05, 3.63) is 30.1 Å². The molecule has 0 aromatic carbocycles. The van der Waals surface area contributed by atoms with E-state index in [1.54, 1.807) is 0 Å². The molecule has 1 atom stereocenters. The van der Waals surface area contributed by atoms with E-state index in [1.165, 1.54) is 18.5 Å². The van der Waals surface area contributed by atoms with Crippen molar-refractivity contribution < 1.29 is 0 Å². The lowest BCUT2D eigenvalue weighted by molar-refractivity contribution is 0.699. The average Bonchev–Trinajstić information content (AvgIpc) is 3.20. The second-order valence-electron chi connectivity index (χ2n) is 5.92. The van der Waals surface area contributed by atoms with Crippen LogP contribution in [0.5, 0.6) is 0 Å². The van der Waals surface area contributed by atoms with Crippen LogP contribution in [0.4, 0.5) is 5.82 Å². The van der Waals surface area contributed by atoms with Crippen molar-refractivity contribution >= 4 is 11.5 Å². The molecule has 1 aliphatic rings. The molecule has 0 radical (unpaired) electrons. The number of rotatable bonds is 6. The van der Waals surface area contributed by atoms with Gasteiger partial charge in [0.25, 0.3) is 0 Å². The SMILES string of the molecule is CCCN(c1nc2ccccn2c1CC(C)N)C1CC1. The minimum absolute atomic E-state index is 0.150. The molecule has 1 unspecified atom stereocenters. The first-order valence-electron chi connectivity index (χ1n) is 7.69. The topological polar surface area (TPSA) is 46.6 Å². The number of pyridine rings is 1. The van der Waals surface area contributed by atoms with E-state index in [0.717, 1.165) is 30.9 Å². The molecule has 20 heavy (non-hydrogen) atoms. The molecule has 2 aromatic rings. The molecule has 0 spiro atoms. The van der Waals surface area contributed by atoms with Crippen LogP contribution in [0.25, 0.3) is 5.65 Å². The van der Waals surface area contributed by atoms with E-state index < -0.39 is 0 Å². The van der Waals surface area contributed by atoms with E-state index in [2.05, 4.69) is 41.5 Å². The first kappa shape index (κ1) is 13.4. The standard InChI is InChI=1S/C16H24N4/c1-3-9-19(13-7-8-13)16-14(11-12(2)17)20-10-5-4-6-15(20)18-16/h4-6,10,12-13H,3,7-9,11,17H2,1-2H3. The minimum atomic E-state index is 0.150. The maximum absolute atomic E-state index is 6.05.